The van der Waals surface area contributed by atoms with Gasteiger partial charge in [-0.3, -0.25) is 14.2 Å². The minimum Gasteiger partial charge on any atom is -0.489 e. The maximum atomic E-state index is 11.6. The van der Waals surface area contributed by atoms with E-state index in [4.69, 9.17) is 16.3 Å². The molecule has 1 heterocycles. The number of methoxy groups -OCH3 is 1. The molecule has 0 aromatic carbocycles. The lowest BCUT2D eigenvalue weighted by molar-refractivity contribution is -0.121. The van der Waals surface area contributed by atoms with Gasteiger partial charge in [-0.2, -0.15) is 0 Å². The Kier molecular flexibility index (Phi) is 3.68. The molecule has 1 aromatic rings. The van der Waals surface area contributed by atoms with Crippen LogP contribution in [0, 0.1) is 0 Å². The van der Waals surface area contributed by atoms with Gasteiger partial charge in [0.25, 0.3) is 5.56 Å². The Morgan fingerprint density at radius 1 is 1.73 bits per heavy atom. The summed E-state index contributed by atoms with van der Waals surface area (Å²) in [5.74, 6) is -0.369. The Morgan fingerprint density at radius 3 is 2.93 bits per heavy atom. The largest absolute Gasteiger partial charge is 0.489 e. The second kappa shape index (κ2) is 4.79. The summed E-state index contributed by atoms with van der Waals surface area (Å²) in [5.41, 5.74) is -0.485. The molecule has 15 heavy (non-hydrogen) atoms. The van der Waals surface area contributed by atoms with E-state index in [9.17, 15) is 9.59 Å². The predicted molar refractivity (Wildman–Crippen MR) is 54.1 cm³/mol. The summed E-state index contributed by atoms with van der Waals surface area (Å²) in [6.07, 6.45) is 1.20. The van der Waals surface area contributed by atoms with Crippen molar-refractivity contribution in [1.29, 1.82) is 0 Å². The van der Waals surface area contributed by atoms with Crippen molar-refractivity contribution in [2.75, 3.05) is 14.2 Å². The highest BCUT2D eigenvalue weighted by atomic mass is 35.5. The van der Waals surface area contributed by atoms with Crippen molar-refractivity contribution in [2.45, 2.75) is 6.54 Å². The summed E-state index contributed by atoms with van der Waals surface area (Å²) in [6, 6.07) is 0. The number of halogens is 1. The first-order valence-corrected chi connectivity index (χ1v) is 4.47. The highest BCUT2D eigenvalue weighted by Gasteiger charge is 2.11. The van der Waals surface area contributed by atoms with Gasteiger partial charge in [-0.15, -0.1) is 0 Å². The minimum atomic E-state index is -0.485. The molecule has 0 atom stereocenters. The van der Waals surface area contributed by atoms with E-state index < -0.39 is 5.56 Å². The number of hydrogen-bond acceptors (Lipinski definition) is 4. The molecule has 0 bridgehead atoms. The van der Waals surface area contributed by atoms with Crippen molar-refractivity contribution in [3.8, 4) is 5.75 Å². The summed E-state index contributed by atoms with van der Waals surface area (Å²) in [6.45, 7) is -0.115. The number of ether oxygens (including phenoxy) is 1. The number of rotatable bonds is 3. The van der Waals surface area contributed by atoms with Crippen LogP contribution in [0.1, 0.15) is 0 Å². The smallest absolute Gasteiger partial charge is 0.297 e. The summed E-state index contributed by atoms with van der Waals surface area (Å²) < 4.78 is 5.89. The molecule has 0 radical (unpaired) electrons. The molecule has 1 aromatic heterocycles. The van der Waals surface area contributed by atoms with Crippen LogP contribution in [0.25, 0.3) is 0 Å². The lowest BCUT2D eigenvalue weighted by atomic mass is 10.5. The Morgan fingerprint density at radius 2 is 2.40 bits per heavy atom. The zero-order valence-corrected chi connectivity index (χ0v) is 9.04. The number of amides is 1. The number of nitrogens with zero attached hydrogens (tertiary/aromatic N) is 2. The normalized spacial score (nSPS) is 9.80. The standard InChI is InChI=1S/C8H10ClN3O3/c1-10-5(13)3-12-4-11-7(9)6(15-2)8(12)14/h4H,3H2,1-2H3,(H,10,13). The molecule has 0 saturated carbocycles. The van der Waals surface area contributed by atoms with Crippen LogP contribution >= 0.6 is 11.6 Å². The zero-order chi connectivity index (χ0) is 11.4. The highest BCUT2D eigenvalue weighted by Crippen LogP contribution is 2.14. The van der Waals surface area contributed by atoms with Crippen molar-refractivity contribution in [3.63, 3.8) is 0 Å². The van der Waals surface area contributed by atoms with E-state index in [0.29, 0.717) is 0 Å². The van der Waals surface area contributed by atoms with Crippen LogP contribution in [0.3, 0.4) is 0 Å². The quantitative estimate of drug-likeness (QED) is 0.722. The Labute approximate surface area is 90.8 Å². The molecule has 0 spiro atoms. The van der Waals surface area contributed by atoms with Crippen LogP contribution in [-0.2, 0) is 11.3 Å². The third kappa shape index (κ3) is 2.47. The minimum absolute atomic E-state index is 0.0179. The molecule has 0 fully saturated rings. The number of likely N-dealkylation sites (N-methyl/N-ethyl adjacent to an activating group) is 1. The predicted octanol–water partition coefficient (Wildman–Crippen LogP) is -0.349. The second-order valence-corrected chi connectivity index (χ2v) is 3.03. The van der Waals surface area contributed by atoms with Crippen LogP contribution in [0.15, 0.2) is 11.1 Å². The lowest BCUT2D eigenvalue weighted by Crippen LogP contribution is -2.30. The molecule has 6 nitrogen and oxygen atoms in total. The van der Waals surface area contributed by atoms with Gasteiger partial charge in [0.15, 0.2) is 5.15 Å². The second-order valence-electron chi connectivity index (χ2n) is 2.67. The molecule has 1 rings (SSSR count). The van der Waals surface area contributed by atoms with Crippen LogP contribution in [-0.4, -0.2) is 29.6 Å². The molecule has 0 aliphatic carbocycles. The first-order chi connectivity index (χ1) is 7.10. The van der Waals surface area contributed by atoms with Gasteiger partial charge in [-0.05, 0) is 0 Å². The SMILES string of the molecule is CNC(=O)Cn1cnc(Cl)c(OC)c1=O. The summed E-state index contributed by atoms with van der Waals surface area (Å²) in [7, 11) is 2.79. The number of hydrogen-bond donors (Lipinski definition) is 1. The molecule has 0 aliphatic heterocycles. The fraction of sp³-hybridized carbons (Fsp3) is 0.375. The van der Waals surface area contributed by atoms with Crippen molar-refractivity contribution < 1.29 is 9.53 Å². The number of nitrogens with one attached hydrogen (secondary N) is 1. The van der Waals surface area contributed by atoms with Crippen molar-refractivity contribution in [3.05, 3.63) is 21.8 Å². The fourth-order valence-corrected chi connectivity index (χ4v) is 1.17. The topological polar surface area (TPSA) is 73.2 Å². The maximum absolute atomic E-state index is 11.6. The third-order valence-corrected chi connectivity index (χ3v) is 2.02. The molecule has 1 N–H and O–H groups in total. The van der Waals surface area contributed by atoms with Crippen molar-refractivity contribution in [2.24, 2.45) is 0 Å². The zero-order valence-electron chi connectivity index (χ0n) is 8.28. The molecule has 0 unspecified atom stereocenters. The van der Waals surface area contributed by atoms with Gasteiger partial charge < -0.3 is 10.1 Å². The number of carbonyl (C=O) groups is 1. The van der Waals surface area contributed by atoms with Gasteiger partial charge in [0, 0.05) is 7.05 Å². The van der Waals surface area contributed by atoms with Gasteiger partial charge >= 0.3 is 0 Å². The molecular formula is C8H10ClN3O3. The summed E-state index contributed by atoms with van der Waals surface area (Å²) in [4.78, 5) is 26.4. The van der Waals surface area contributed by atoms with Gasteiger partial charge in [0.1, 0.15) is 6.54 Å². The van der Waals surface area contributed by atoms with Crippen LogP contribution < -0.4 is 15.6 Å². The highest BCUT2D eigenvalue weighted by molar-refractivity contribution is 6.30. The Hall–Kier alpha value is -1.56. The van der Waals surface area contributed by atoms with Crippen LogP contribution in [0.5, 0.6) is 5.75 Å². The average molecular weight is 232 g/mol. The molecule has 7 heteroatoms. The van der Waals surface area contributed by atoms with E-state index in [1.54, 1.807) is 0 Å². The summed E-state index contributed by atoms with van der Waals surface area (Å²) >= 11 is 5.62. The van der Waals surface area contributed by atoms with E-state index in [1.165, 1.54) is 20.5 Å². The van der Waals surface area contributed by atoms with Crippen LogP contribution in [0.4, 0.5) is 0 Å². The van der Waals surface area contributed by atoms with Gasteiger partial charge in [0.2, 0.25) is 11.7 Å². The van der Waals surface area contributed by atoms with Crippen molar-refractivity contribution >= 4 is 17.5 Å². The Bertz CT molecular complexity index is 430. The van der Waals surface area contributed by atoms with Gasteiger partial charge in [0.05, 0.1) is 13.4 Å². The van der Waals surface area contributed by atoms with E-state index in [-0.39, 0.29) is 23.4 Å². The first-order valence-electron chi connectivity index (χ1n) is 4.09. The average Bonchev–Trinajstić information content (AvgIpc) is 2.23. The number of aromatic nitrogens is 2. The van der Waals surface area contributed by atoms with E-state index >= 15 is 0 Å². The molecule has 1 amide bonds. The fourth-order valence-electron chi connectivity index (χ4n) is 0.968. The molecule has 0 aliphatic rings. The van der Waals surface area contributed by atoms with Crippen molar-refractivity contribution in [1.82, 2.24) is 14.9 Å². The third-order valence-electron chi connectivity index (χ3n) is 1.75. The summed E-state index contributed by atoms with van der Waals surface area (Å²) in [5, 5.41) is 2.37. The van der Waals surface area contributed by atoms with E-state index in [0.717, 1.165) is 4.57 Å². The Balaban J connectivity index is 3.11. The van der Waals surface area contributed by atoms with Gasteiger partial charge in [-0.1, -0.05) is 11.6 Å². The maximum Gasteiger partial charge on any atom is 0.297 e. The molecule has 82 valence electrons. The molecule has 0 saturated heterocycles. The molecular weight excluding hydrogens is 222 g/mol. The lowest BCUT2D eigenvalue weighted by Gasteiger charge is -2.06. The monoisotopic (exact) mass is 231 g/mol. The number of carbonyl (C=O) groups excluding carboxylic acids is 1. The van der Waals surface area contributed by atoms with E-state index in [2.05, 4.69) is 10.3 Å². The van der Waals surface area contributed by atoms with Crippen LogP contribution in [0.2, 0.25) is 5.15 Å². The van der Waals surface area contributed by atoms with E-state index in [1.807, 2.05) is 0 Å². The first kappa shape index (κ1) is 11.5. The van der Waals surface area contributed by atoms with Gasteiger partial charge in [-0.25, -0.2) is 4.98 Å².